The monoisotopic (exact) mass is 1110 g/mol. The predicted molar refractivity (Wildman–Crippen MR) is 275 cm³/mol. The normalized spacial score (nSPS) is 27.4. The Morgan fingerprint density at radius 3 is 2.02 bits per heavy atom. The maximum absolute atomic E-state index is 16.2. The number of nitrogens with zero attached hydrogens (tertiary/aromatic N) is 2. The number of carbonyl (C=O) groups is 10. The highest BCUT2D eigenvalue weighted by molar-refractivity contribution is 5.97. The Kier molecular flexibility index (Phi) is 17.8. The van der Waals surface area contributed by atoms with E-state index in [1.165, 1.54) is 72.0 Å². The van der Waals surface area contributed by atoms with Crippen LogP contribution >= 0.6 is 0 Å². The number of ether oxygens (including phenoxy) is 7. The minimum absolute atomic E-state index is 0.0107. The molecule has 2 aromatic carbocycles. The molecule has 2 heterocycles. The van der Waals surface area contributed by atoms with E-state index in [4.69, 9.17) is 33.2 Å². The number of aryl methyl sites for hydroxylation is 1. The molecule has 428 valence electrons. The molecule has 80 heavy (non-hydrogen) atoms. The van der Waals surface area contributed by atoms with Gasteiger partial charge in [0.1, 0.15) is 47.8 Å². The van der Waals surface area contributed by atoms with Crippen LogP contribution in [0.3, 0.4) is 0 Å². The zero-order valence-corrected chi connectivity index (χ0v) is 45.8. The third-order valence-corrected chi connectivity index (χ3v) is 15.8. The van der Waals surface area contributed by atoms with Gasteiger partial charge in [0.2, 0.25) is 12.0 Å². The molecule has 1 saturated heterocycles. The smallest absolute Gasteiger partial charge is 0.350 e. The molecule has 1 aliphatic heterocycles. The van der Waals surface area contributed by atoms with Gasteiger partial charge < -0.3 is 54.0 Å². The zero-order valence-electron chi connectivity index (χ0n) is 45.8. The first-order valence-corrected chi connectivity index (χ1v) is 26.2. The maximum Gasteiger partial charge on any atom is 0.350 e. The number of ketones is 1. The summed E-state index contributed by atoms with van der Waals surface area (Å²) in [4.78, 5) is 148. The lowest BCUT2D eigenvalue weighted by atomic mass is 9.44. The fourth-order valence-corrected chi connectivity index (χ4v) is 11.6. The highest BCUT2D eigenvalue weighted by Gasteiger charge is 2.79. The summed E-state index contributed by atoms with van der Waals surface area (Å²) < 4.78 is 43.0. The van der Waals surface area contributed by atoms with Crippen LogP contribution in [-0.4, -0.2) is 140 Å². The molecule has 23 nitrogen and oxygen atoms in total. The van der Waals surface area contributed by atoms with Crippen molar-refractivity contribution in [3.05, 3.63) is 107 Å². The lowest BCUT2D eigenvalue weighted by Gasteiger charge is -2.67. The molecule has 23 heteroatoms. The number of hydrogen-bond donors (Lipinski definition) is 4. The fraction of sp³-hybridized carbons (Fsp3) is 0.509. The molecular weight excluding hydrogens is 1040 g/mol. The van der Waals surface area contributed by atoms with Crippen LogP contribution in [0.4, 0.5) is 0 Å². The minimum Gasteiger partial charge on any atom is -0.481 e. The topological polar surface area (TPSA) is 326 Å². The van der Waals surface area contributed by atoms with Crippen LogP contribution in [0.2, 0.25) is 0 Å². The molecular formula is C57H66N4O19. The second-order valence-electron chi connectivity index (χ2n) is 21.2. The first-order valence-electron chi connectivity index (χ1n) is 26.2. The van der Waals surface area contributed by atoms with Crippen molar-refractivity contribution in [2.24, 2.45) is 16.7 Å². The number of rotatable bonds is 19. The van der Waals surface area contributed by atoms with Crippen molar-refractivity contribution in [3.63, 3.8) is 0 Å². The third-order valence-electron chi connectivity index (χ3n) is 15.8. The number of amides is 2. The number of carboxylic acids is 1. The van der Waals surface area contributed by atoms with Crippen LogP contribution in [0.25, 0.3) is 0 Å². The number of benzene rings is 2. The van der Waals surface area contributed by atoms with E-state index in [2.05, 4.69) is 20.6 Å². The highest BCUT2D eigenvalue weighted by Crippen LogP contribution is 2.65. The summed E-state index contributed by atoms with van der Waals surface area (Å²) in [6.07, 6.45) is -10.4. The molecule has 0 unspecified atom stereocenters. The van der Waals surface area contributed by atoms with Gasteiger partial charge in [-0.05, 0) is 56.0 Å². The number of carboxylic acid groups (broad SMARTS) is 1. The Hall–Kier alpha value is -7.92. The van der Waals surface area contributed by atoms with Crippen molar-refractivity contribution < 1.29 is 91.3 Å². The molecule has 3 fully saturated rings. The summed E-state index contributed by atoms with van der Waals surface area (Å²) in [7, 11) is 0. The summed E-state index contributed by atoms with van der Waals surface area (Å²) in [5.74, 6) is -11.8. The van der Waals surface area contributed by atoms with Crippen molar-refractivity contribution in [1.82, 2.24) is 20.6 Å². The van der Waals surface area contributed by atoms with Crippen LogP contribution in [0.5, 0.6) is 0 Å². The van der Waals surface area contributed by atoms with Crippen LogP contribution in [0, 0.1) is 23.7 Å². The molecule has 3 aliphatic carbocycles. The second-order valence-corrected chi connectivity index (χ2v) is 21.2. The van der Waals surface area contributed by atoms with E-state index in [1.54, 1.807) is 43.3 Å². The number of carbonyl (C=O) groups excluding carboxylic acids is 9. The molecule has 0 spiro atoms. The summed E-state index contributed by atoms with van der Waals surface area (Å²) in [5, 5.41) is 28.9. The van der Waals surface area contributed by atoms with E-state index in [1.807, 2.05) is 0 Å². The average molecular weight is 1110 g/mol. The molecule has 0 radical (unpaired) electrons. The summed E-state index contributed by atoms with van der Waals surface area (Å²) in [6, 6.07) is 12.1. The average Bonchev–Trinajstić information content (AvgIpc) is 3.08. The number of fused-ring (bicyclic) bond motifs is 5. The lowest BCUT2D eigenvalue weighted by Crippen LogP contribution is -2.82. The largest absolute Gasteiger partial charge is 0.481 e. The van der Waals surface area contributed by atoms with E-state index in [0.717, 1.165) is 20.0 Å². The van der Waals surface area contributed by atoms with Crippen molar-refractivity contribution in [1.29, 1.82) is 0 Å². The Bertz CT molecular complexity index is 2950. The molecule has 2 amide bonds. The summed E-state index contributed by atoms with van der Waals surface area (Å²) in [6.45, 7) is 12.2. The molecule has 7 rings (SSSR count). The van der Waals surface area contributed by atoms with E-state index in [0.29, 0.717) is 5.69 Å². The number of esters is 6. The SMILES string of the molecule is CCC(=O)O[C@H]1C[C@H]2OC[C@@]2(OC(C)=O)[C@H]2[C@H](OC(=O)c3ccccc3)[C@]3(O)C[C@H](OC(=O)[C@H](OC(=O)CC)[C@@H](NC(=O)[C@@H](CCC(=O)O)NC(=O)c4cnc(C)cn4)c4ccccc4)C(C)=C([C@@H](OC(C)=O)C(=O)[C@]12C)C3(C)C. The van der Waals surface area contributed by atoms with Gasteiger partial charge in [-0.2, -0.15) is 0 Å². The number of aliphatic carboxylic acids is 1. The van der Waals surface area contributed by atoms with Crippen LogP contribution in [0.15, 0.2) is 84.2 Å². The van der Waals surface area contributed by atoms with Gasteiger partial charge in [0, 0.05) is 57.6 Å². The van der Waals surface area contributed by atoms with Gasteiger partial charge in [0.05, 0.1) is 35.4 Å². The Morgan fingerprint density at radius 2 is 1.46 bits per heavy atom. The molecule has 2 saturated carbocycles. The number of aromatic nitrogens is 2. The van der Waals surface area contributed by atoms with Crippen molar-refractivity contribution in [2.45, 2.75) is 161 Å². The van der Waals surface area contributed by atoms with E-state index in [9.17, 15) is 48.6 Å². The molecule has 2 bridgehead atoms. The fourth-order valence-electron chi connectivity index (χ4n) is 11.6. The number of Topliss-reactive ketones (excluding diaryl/α,β-unsaturated/α-hetero) is 1. The molecule has 1 aromatic heterocycles. The van der Waals surface area contributed by atoms with Gasteiger partial charge in [0.25, 0.3) is 5.91 Å². The molecule has 3 aromatic rings. The standard InChI is InChI=1S/C57H66N4O19/c1-10-41(66)77-38-24-39-56(28-74-39,80-32(6)63)47-49(79-52(71)34-20-16-13-17-21-34)57(73)25-37(30(4)43(54(57,7)8)45(75-31(5)62)48(68)55(38,47)9)76-53(72)46(78-42(67)11-2)44(33-18-14-12-15-19-33)61-50(69)35(22-23-40(64)65)60-51(70)36-27-58-29(3)26-59-36/h12-21,26-27,35,37-39,44-47,49,73H,10-11,22-25,28H2,1-9H3,(H,60,70)(H,61,69)(H,64,65)/t35-,37+,38+,39-,44+,45-,46-,47+,49+,55-,56+,57-/m1/s1. The number of aliphatic hydroxyl groups is 1. The van der Waals surface area contributed by atoms with E-state index in [-0.39, 0.29) is 47.2 Å². The van der Waals surface area contributed by atoms with Crippen molar-refractivity contribution >= 4 is 59.4 Å². The minimum atomic E-state index is -2.58. The van der Waals surface area contributed by atoms with Gasteiger partial charge in [-0.15, -0.1) is 0 Å². The van der Waals surface area contributed by atoms with Crippen molar-refractivity contribution in [2.75, 3.05) is 6.61 Å². The summed E-state index contributed by atoms with van der Waals surface area (Å²) in [5.41, 5.74) is -8.14. The third kappa shape index (κ3) is 11.6. The number of nitrogens with one attached hydrogen (secondary N) is 2. The van der Waals surface area contributed by atoms with Gasteiger partial charge in [-0.1, -0.05) is 76.2 Å². The second kappa shape index (κ2) is 23.8. The van der Waals surface area contributed by atoms with Crippen molar-refractivity contribution in [3.8, 4) is 0 Å². The van der Waals surface area contributed by atoms with E-state index >= 15 is 9.59 Å². The quantitative estimate of drug-likeness (QED) is 0.0745. The van der Waals surface area contributed by atoms with E-state index < -0.39 is 162 Å². The number of hydrogen-bond acceptors (Lipinski definition) is 20. The maximum atomic E-state index is 16.2. The first-order chi connectivity index (χ1) is 37.7. The Morgan fingerprint density at radius 1 is 0.812 bits per heavy atom. The summed E-state index contributed by atoms with van der Waals surface area (Å²) >= 11 is 0. The Labute approximate surface area is 460 Å². The Balaban J connectivity index is 1.41. The first kappa shape index (κ1) is 59.7. The predicted octanol–water partition coefficient (Wildman–Crippen LogP) is 4.11. The van der Waals surface area contributed by atoms with Gasteiger partial charge >= 0.3 is 41.8 Å². The molecule has 4 N–H and O–H groups in total. The van der Waals surface area contributed by atoms with Crippen LogP contribution < -0.4 is 10.6 Å². The van der Waals surface area contributed by atoms with Gasteiger partial charge in [-0.3, -0.25) is 43.3 Å². The zero-order chi connectivity index (χ0) is 58.6. The van der Waals surface area contributed by atoms with Gasteiger partial charge in [0.15, 0.2) is 17.5 Å². The lowest BCUT2D eigenvalue weighted by molar-refractivity contribution is -0.346. The van der Waals surface area contributed by atoms with Crippen LogP contribution in [-0.2, 0) is 71.5 Å². The molecule has 12 atom stereocenters. The highest BCUT2D eigenvalue weighted by atomic mass is 16.6. The van der Waals surface area contributed by atoms with Crippen LogP contribution in [0.1, 0.15) is 132 Å². The molecule has 4 aliphatic rings. The van der Waals surface area contributed by atoms with Gasteiger partial charge in [-0.25, -0.2) is 14.6 Å².